The van der Waals surface area contributed by atoms with Gasteiger partial charge in [0.1, 0.15) is 0 Å². The van der Waals surface area contributed by atoms with Crippen LogP contribution in [0, 0.1) is 0 Å². The Kier molecular flexibility index (Phi) is 14.0. The van der Waals surface area contributed by atoms with E-state index in [-0.39, 0.29) is 5.91 Å². The number of carbonyl (C=O) groups excluding carboxylic acids is 1. The summed E-state index contributed by atoms with van der Waals surface area (Å²) in [6.45, 7) is 10.6. The van der Waals surface area contributed by atoms with Crippen LogP contribution in [0.5, 0.6) is 0 Å². The Bertz CT molecular complexity index is 247. The van der Waals surface area contributed by atoms with E-state index in [4.69, 9.17) is 0 Å². The van der Waals surface area contributed by atoms with Crippen LogP contribution < -0.4 is 5.32 Å². The topological polar surface area (TPSA) is 32.3 Å². The molecule has 0 heterocycles. The molecule has 0 aliphatic heterocycles. The predicted molar refractivity (Wildman–Crippen MR) is 87.9 cm³/mol. The SMILES string of the molecule is CCCCCCCC=CC(=O)NCCCN(CC)CC. The first-order chi connectivity index (χ1) is 9.74. The normalized spacial score (nSPS) is 11.4. The minimum Gasteiger partial charge on any atom is -0.353 e. The van der Waals surface area contributed by atoms with Gasteiger partial charge in [0, 0.05) is 6.54 Å². The van der Waals surface area contributed by atoms with Crippen molar-refractivity contribution in [1.29, 1.82) is 0 Å². The number of carbonyl (C=O) groups is 1. The van der Waals surface area contributed by atoms with Crippen molar-refractivity contribution in [3.63, 3.8) is 0 Å². The molecule has 0 aliphatic rings. The van der Waals surface area contributed by atoms with Gasteiger partial charge in [-0.2, -0.15) is 0 Å². The lowest BCUT2D eigenvalue weighted by Gasteiger charge is -2.17. The van der Waals surface area contributed by atoms with Crippen LogP contribution in [0.15, 0.2) is 12.2 Å². The monoisotopic (exact) mass is 282 g/mol. The van der Waals surface area contributed by atoms with Gasteiger partial charge < -0.3 is 10.2 Å². The van der Waals surface area contributed by atoms with Crippen LogP contribution in [0.4, 0.5) is 0 Å². The third kappa shape index (κ3) is 12.2. The van der Waals surface area contributed by atoms with Gasteiger partial charge in [0.25, 0.3) is 0 Å². The molecule has 3 heteroatoms. The second kappa shape index (κ2) is 14.6. The molecule has 0 saturated heterocycles. The third-order valence-electron chi connectivity index (χ3n) is 3.59. The van der Waals surface area contributed by atoms with Gasteiger partial charge in [-0.1, -0.05) is 52.5 Å². The lowest BCUT2D eigenvalue weighted by Crippen LogP contribution is -2.29. The zero-order chi connectivity index (χ0) is 15.1. The number of rotatable bonds is 13. The Morgan fingerprint density at radius 2 is 1.70 bits per heavy atom. The highest BCUT2D eigenvalue weighted by atomic mass is 16.1. The van der Waals surface area contributed by atoms with E-state index in [1.54, 1.807) is 6.08 Å². The number of nitrogens with one attached hydrogen (secondary N) is 1. The number of allylic oxidation sites excluding steroid dienone is 1. The fourth-order valence-corrected chi connectivity index (χ4v) is 2.17. The molecule has 0 bridgehead atoms. The first-order valence-corrected chi connectivity index (χ1v) is 8.41. The van der Waals surface area contributed by atoms with E-state index < -0.39 is 0 Å². The quantitative estimate of drug-likeness (QED) is 0.412. The second-order valence-electron chi connectivity index (χ2n) is 5.28. The standard InChI is InChI=1S/C17H34N2O/c1-4-7-8-9-10-11-12-14-17(20)18-15-13-16-19(5-2)6-3/h12,14H,4-11,13,15-16H2,1-3H3,(H,18,20). The largest absolute Gasteiger partial charge is 0.353 e. The molecule has 0 fully saturated rings. The van der Waals surface area contributed by atoms with E-state index in [2.05, 4.69) is 31.0 Å². The van der Waals surface area contributed by atoms with Crippen LogP contribution in [0.1, 0.15) is 65.7 Å². The number of unbranched alkanes of at least 4 members (excludes halogenated alkanes) is 5. The highest BCUT2D eigenvalue weighted by molar-refractivity contribution is 5.87. The maximum absolute atomic E-state index is 11.6. The van der Waals surface area contributed by atoms with Crippen molar-refractivity contribution in [3.05, 3.63) is 12.2 Å². The minimum atomic E-state index is 0.0538. The lowest BCUT2D eigenvalue weighted by atomic mass is 10.1. The molecular formula is C17H34N2O. The summed E-state index contributed by atoms with van der Waals surface area (Å²) in [5.74, 6) is 0.0538. The average molecular weight is 282 g/mol. The molecule has 20 heavy (non-hydrogen) atoms. The summed E-state index contributed by atoms with van der Waals surface area (Å²) >= 11 is 0. The summed E-state index contributed by atoms with van der Waals surface area (Å²) in [7, 11) is 0. The minimum absolute atomic E-state index is 0.0538. The van der Waals surface area contributed by atoms with Crippen molar-refractivity contribution in [2.75, 3.05) is 26.2 Å². The van der Waals surface area contributed by atoms with Gasteiger partial charge in [0.2, 0.25) is 5.91 Å². The van der Waals surface area contributed by atoms with Crippen LogP contribution in [0.3, 0.4) is 0 Å². The number of hydrogen-bond acceptors (Lipinski definition) is 2. The van der Waals surface area contributed by atoms with Gasteiger partial charge >= 0.3 is 0 Å². The summed E-state index contributed by atoms with van der Waals surface area (Å²) in [5.41, 5.74) is 0. The summed E-state index contributed by atoms with van der Waals surface area (Å²) in [4.78, 5) is 13.9. The van der Waals surface area contributed by atoms with Crippen molar-refractivity contribution in [2.45, 2.75) is 65.7 Å². The van der Waals surface area contributed by atoms with Gasteiger partial charge in [0.05, 0.1) is 0 Å². The molecule has 1 amide bonds. The second-order valence-corrected chi connectivity index (χ2v) is 5.28. The molecule has 0 unspecified atom stereocenters. The van der Waals surface area contributed by atoms with Crippen molar-refractivity contribution >= 4 is 5.91 Å². The predicted octanol–water partition coefficient (Wildman–Crippen LogP) is 3.75. The Morgan fingerprint density at radius 1 is 1.00 bits per heavy atom. The van der Waals surface area contributed by atoms with E-state index in [9.17, 15) is 4.79 Å². The maximum Gasteiger partial charge on any atom is 0.243 e. The fourth-order valence-electron chi connectivity index (χ4n) is 2.17. The molecule has 0 atom stereocenters. The molecule has 1 N–H and O–H groups in total. The van der Waals surface area contributed by atoms with Crippen LogP contribution in [0.25, 0.3) is 0 Å². The van der Waals surface area contributed by atoms with Gasteiger partial charge in [-0.25, -0.2) is 0 Å². The van der Waals surface area contributed by atoms with Crippen LogP contribution in [-0.2, 0) is 4.79 Å². The van der Waals surface area contributed by atoms with Gasteiger partial charge in [-0.05, 0) is 45.0 Å². The molecule has 0 saturated carbocycles. The molecule has 0 aromatic rings. The fraction of sp³-hybridized carbons (Fsp3) is 0.824. The highest BCUT2D eigenvalue weighted by Gasteiger charge is 1.99. The van der Waals surface area contributed by atoms with E-state index in [1.807, 2.05) is 6.08 Å². The highest BCUT2D eigenvalue weighted by Crippen LogP contribution is 2.05. The summed E-state index contributed by atoms with van der Waals surface area (Å²) in [5, 5.41) is 2.95. The zero-order valence-electron chi connectivity index (χ0n) is 13.8. The smallest absolute Gasteiger partial charge is 0.243 e. The number of nitrogens with zero attached hydrogens (tertiary/aromatic N) is 1. The Morgan fingerprint density at radius 3 is 2.35 bits per heavy atom. The first-order valence-electron chi connectivity index (χ1n) is 8.41. The van der Waals surface area contributed by atoms with Crippen molar-refractivity contribution in [1.82, 2.24) is 10.2 Å². The maximum atomic E-state index is 11.6. The van der Waals surface area contributed by atoms with Crippen molar-refractivity contribution < 1.29 is 4.79 Å². The van der Waals surface area contributed by atoms with Gasteiger partial charge in [-0.3, -0.25) is 4.79 Å². The molecule has 3 nitrogen and oxygen atoms in total. The lowest BCUT2D eigenvalue weighted by molar-refractivity contribution is -0.116. The third-order valence-corrected chi connectivity index (χ3v) is 3.59. The molecule has 0 aromatic carbocycles. The molecule has 0 spiro atoms. The van der Waals surface area contributed by atoms with Crippen molar-refractivity contribution in [3.8, 4) is 0 Å². The van der Waals surface area contributed by atoms with Gasteiger partial charge in [0.15, 0.2) is 0 Å². The summed E-state index contributed by atoms with van der Waals surface area (Å²) in [6, 6.07) is 0. The van der Waals surface area contributed by atoms with Crippen LogP contribution in [-0.4, -0.2) is 37.0 Å². The Balaban J connectivity index is 3.44. The van der Waals surface area contributed by atoms with E-state index >= 15 is 0 Å². The van der Waals surface area contributed by atoms with E-state index in [1.165, 1.54) is 32.1 Å². The molecule has 0 radical (unpaired) electrons. The molecular weight excluding hydrogens is 248 g/mol. The average Bonchev–Trinajstić information content (AvgIpc) is 2.46. The van der Waals surface area contributed by atoms with E-state index in [0.29, 0.717) is 0 Å². The Hall–Kier alpha value is -0.830. The molecule has 118 valence electrons. The molecule has 0 rings (SSSR count). The summed E-state index contributed by atoms with van der Waals surface area (Å²) in [6.07, 6.45) is 12.2. The summed E-state index contributed by atoms with van der Waals surface area (Å²) < 4.78 is 0. The zero-order valence-corrected chi connectivity index (χ0v) is 13.8. The van der Waals surface area contributed by atoms with Crippen LogP contribution in [0.2, 0.25) is 0 Å². The number of hydrogen-bond donors (Lipinski definition) is 1. The van der Waals surface area contributed by atoms with Crippen LogP contribution >= 0.6 is 0 Å². The molecule has 0 aromatic heterocycles. The molecule has 0 aliphatic carbocycles. The first kappa shape index (κ1) is 19.2. The van der Waals surface area contributed by atoms with Gasteiger partial charge in [-0.15, -0.1) is 0 Å². The number of amides is 1. The van der Waals surface area contributed by atoms with Crippen molar-refractivity contribution in [2.24, 2.45) is 0 Å². The van der Waals surface area contributed by atoms with E-state index in [0.717, 1.165) is 39.0 Å². The Labute approximate surface area is 125 Å².